The summed E-state index contributed by atoms with van der Waals surface area (Å²) in [4.78, 5) is 37.6. The van der Waals surface area contributed by atoms with E-state index in [1.165, 1.54) is 12.1 Å². The first-order chi connectivity index (χ1) is 19.1. The Morgan fingerprint density at radius 2 is 2.08 bits per heavy atom. The SMILES string of the molecule is CN1CCN(c2ccc([N+](=O)[O-])cc2OCCN(C)[C@@H]2C[C@H]3C[C@H]2[C@@H](Nc2nc(Cl)ncc2F)[C@H]3C(N)=O)CC1. The van der Waals surface area contributed by atoms with Crippen LogP contribution in [-0.4, -0.2) is 96.1 Å². The van der Waals surface area contributed by atoms with Gasteiger partial charge in [0.2, 0.25) is 11.2 Å². The fourth-order valence-corrected chi connectivity index (χ4v) is 6.68. The van der Waals surface area contributed by atoms with E-state index in [1.54, 1.807) is 6.07 Å². The van der Waals surface area contributed by atoms with Gasteiger partial charge in [-0.1, -0.05) is 0 Å². The van der Waals surface area contributed by atoms with Crippen molar-refractivity contribution in [3.8, 4) is 5.75 Å². The number of hydrogen-bond acceptors (Lipinski definition) is 10. The first-order valence-corrected chi connectivity index (χ1v) is 13.8. The average molecular weight is 577 g/mol. The highest BCUT2D eigenvalue weighted by molar-refractivity contribution is 6.28. The molecular weight excluding hydrogens is 543 g/mol. The number of fused-ring (bicyclic) bond motifs is 2. The number of amides is 1. The maximum atomic E-state index is 14.4. The van der Waals surface area contributed by atoms with Crippen LogP contribution in [0.4, 0.5) is 21.6 Å². The second-order valence-electron chi connectivity index (χ2n) is 10.9. The number of non-ortho nitro benzene ring substituents is 1. The molecule has 2 aliphatic carbocycles. The number of nitro benzene ring substituents is 1. The van der Waals surface area contributed by atoms with Crippen LogP contribution >= 0.6 is 11.6 Å². The summed E-state index contributed by atoms with van der Waals surface area (Å²) in [6.45, 7) is 4.29. The normalized spacial score (nSPS) is 26.3. The molecule has 12 nitrogen and oxygen atoms in total. The summed E-state index contributed by atoms with van der Waals surface area (Å²) < 4.78 is 20.6. The molecule has 1 aromatic carbocycles. The molecule has 2 saturated carbocycles. The maximum absolute atomic E-state index is 14.4. The number of likely N-dealkylation sites (N-methyl/N-ethyl adjacent to an activating group) is 2. The minimum Gasteiger partial charge on any atom is -0.490 e. The lowest BCUT2D eigenvalue weighted by atomic mass is 9.80. The Morgan fingerprint density at radius 1 is 1.32 bits per heavy atom. The van der Waals surface area contributed by atoms with E-state index in [0.29, 0.717) is 18.9 Å². The minimum atomic E-state index is -0.651. The Hall–Kier alpha value is -3.29. The maximum Gasteiger partial charge on any atom is 0.273 e. The molecule has 40 heavy (non-hydrogen) atoms. The zero-order chi connectivity index (χ0) is 28.6. The highest BCUT2D eigenvalue weighted by Crippen LogP contribution is 2.51. The number of primary amides is 1. The Balaban J connectivity index is 1.26. The highest BCUT2D eigenvalue weighted by Gasteiger charge is 2.56. The van der Waals surface area contributed by atoms with E-state index >= 15 is 0 Å². The molecule has 1 amide bonds. The van der Waals surface area contributed by atoms with Crippen molar-refractivity contribution in [2.24, 2.45) is 23.5 Å². The molecule has 0 unspecified atom stereocenters. The van der Waals surface area contributed by atoms with Gasteiger partial charge in [0.25, 0.3) is 5.69 Å². The summed E-state index contributed by atoms with van der Waals surface area (Å²) in [6, 6.07) is 4.47. The van der Waals surface area contributed by atoms with E-state index in [0.717, 1.165) is 50.9 Å². The summed E-state index contributed by atoms with van der Waals surface area (Å²) in [7, 11) is 4.06. The van der Waals surface area contributed by atoms with Crippen molar-refractivity contribution in [3.05, 3.63) is 45.6 Å². The van der Waals surface area contributed by atoms with Crippen molar-refractivity contribution in [2.45, 2.75) is 24.9 Å². The van der Waals surface area contributed by atoms with Crippen LogP contribution in [0.25, 0.3) is 0 Å². The van der Waals surface area contributed by atoms with E-state index in [9.17, 15) is 19.3 Å². The van der Waals surface area contributed by atoms with Crippen molar-refractivity contribution < 1.29 is 18.8 Å². The van der Waals surface area contributed by atoms with E-state index < -0.39 is 28.6 Å². The molecule has 5 atom stereocenters. The van der Waals surface area contributed by atoms with Crippen LogP contribution in [0.5, 0.6) is 5.75 Å². The number of nitrogens with one attached hydrogen (secondary N) is 1. The summed E-state index contributed by atoms with van der Waals surface area (Å²) in [5.41, 5.74) is 6.59. The van der Waals surface area contributed by atoms with Gasteiger partial charge in [-0.05, 0) is 56.4 Å². The van der Waals surface area contributed by atoms with Crippen LogP contribution in [0.3, 0.4) is 0 Å². The molecule has 2 aromatic rings. The quantitative estimate of drug-likeness (QED) is 0.245. The number of nitro groups is 1. The lowest BCUT2D eigenvalue weighted by molar-refractivity contribution is -0.384. The molecule has 0 spiro atoms. The number of carbonyl (C=O) groups is 1. The number of halogens is 2. The molecule has 14 heteroatoms. The van der Waals surface area contributed by atoms with Gasteiger partial charge in [-0.25, -0.2) is 9.37 Å². The predicted molar refractivity (Wildman–Crippen MR) is 148 cm³/mol. The van der Waals surface area contributed by atoms with E-state index in [2.05, 4.69) is 37.0 Å². The molecule has 3 fully saturated rings. The zero-order valence-electron chi connectivity index (χ0n) is 22.5. The number of piperazine rings is 1. The number of ether oxygens (including phenoxy) is 1. The van der Waals surface area contributed by atoms with Crippen LogP contribution in [-0.2, 0) is 4.79 Å². The fourth-order valence-electron chi connectivity index (χ4n) is 6.55. The standard InChI is InChI=1S/C26H34ClFN8O4/c1-33-5-7-35(8-6-33)19-4-3-16(36(38)39)13-21(19)40-10-9-34(2)20-12-15-11-17(20)23(22(15)24(29)37)31-25-18(28)14-30-26(27)32-25/h3-4,13-15,17,20,22-23H,5-12H2,1-2H3,(H2,29,37)(H,30,31,32)/t15-,17-,20-,22+,23-/m1/s1. The molecule has 1 saturated heterocycles. The first kappa shape index (κ1) is 28.2. The van der Waals surface area contributed by atoms with Crippen molar-refractivity contribution in [3.63, 3.8) is 0 Å². The number of nitrogens with zero attached hydrogens (tertiary/aromatic N) is 6. The molecule has 1 aromatic heterocycles. The van der Waals surface area contributed by atoms with Crippen molar-refractivity contribution >= 4 is 34.7 Å². The van der Waals surface area contributed by atoms with Gasteiger partial charge >= 0.3 is 0 Å². The number of rotatable bonds is 10. The Morgan fingerprint density at radius 3 is 2.77 bits per heavy atom. The van der Waals surface area contributed by atoms with Crippen molar-refractivity contribution in [2.75, 3.05) is 63.6 Å². The van der Waals surface area contributed by atoms with E-state index in [4.69, 9.17) is 22.1 Å². The van der Waals surface area contributed by atoms with Crippen LogP contribution in [0, 0.1) is 33.7 Å². The van der Waals surface area contributed by atoms with Crippen LogP contribution < -0.4 is 20.7 Å². The Kier molecular flexibility index (Phi) is 8.24. The lowest BCUT2D eigenvalue weighted by Crippen LogP contribution is -2.51. The van der Waals surface area contributed by atoms with Crippen LogP contribution in [0.2, 0.25) is 5.28 Å². The highest BCUT2D eigenvalue weighted by atomic mass is 35.5. The summed E-state index contributed by atoms with van der Waals surface area (Å²) in [6.07, 6.45) is 2.55. The third-order valence-corrected chi connectivity index (χ3v) is 8.76. The zero-order valence-corrected chi connectivity index (χ0v) is 23.3. The number of aromatic nitrogens is 2. The number of carbonyl (C=O) groups excluding carboxylic acids is 1. The van der Waals surface area contributed by atoms with Gasteiger partial charge in [0.1, 0.15) is 12.4 Å². The van der Waals surface area contributed by atoms with Gasteiger partial charge in [0.15, 0.2) is 11.6 Å². The summed E-state index contributed by atoms with van der Waals surface area (Å²) in [5.74, 6) is -0.983. The average Bonchev–Trinajstić information content (AvgIpc) is 3.50. The van der Waals surface area contributed by atoms with Gasteiger partial charge in [0, 0.05) is 50.9 Å². The van der Waals surface area contributed by atoms with Crippen molar-refractivity contribution in [1.29, 1.82) is 0 Å². The molecule has 3 aliphatic rings. The summed E-state index contributed by atoms with van der Waals surface area (Å²) >= 11 is 5.88. The van der Waals surface area contributed by atoms with E-state index in [1.807, 2.05) is 7.05 Å². The molecule has 0 radical (unpaired) electrons. The Bertz CT molecular complexity index is 1260. The molecule has 5 rings (SSSR count). The number of hydrogen-bond donors (Lipinski definition) is 2. The molecule has 1 aliphatic heterocycles. The van der Waals surface area contributed by atoms with Gasteiger partial charge in [-0.15, -0.1) is 0 Å². The van der Waals surface area contributed by atoms with Gasteiger partial charge in [0.05, 0.1) is 28.8 Å². The molecule has 2 bridgehead atoms. The smallest absolute Gasteiger partial charge is 0.273 e. The topological polar surface area (TPSA) is 143 Å². The molecule has 3 N–H and O–H groups in total. The second kappa shape index (κ2) is 11.7. The number of benzene rings is 1. The number of anilines is 2. The van der Waals surface area contributed by atoms with Gasteiger partial charge in [-0.3, -0.25) is 19.8 Å². The first-order valence-electron chi connectivity index (χ1n) is 13.4. The number of nitrogens with two attached hydrogens (primary N) is 1. The lowest BCUT2D eigenvalue weighted by Gasteiger charge is -2.39. The molecular formula is C26H34ClFN8O4. The predicted octanol–water partition coefficient (Wildman–Crippen LogP) is 2.23. The largest absolute Gasteiger partial charge is 0.490 e. The summed E-state index contributed by atoms with van der Waals surface area (Å²) in [5, 5.41) is 14.4. The van der Waals surface area contributed by atoms with Gasteiger partial charge in [-0.2, -0.15) is 4.98 Å². The van der Waals surface area contributed by atoms with Crippen LogP contribution in [0.15, 0.2) is 24.4 Å². The van der Waals surface area contributed by atoms with Crippen molar-refractivity contribution in [1.82, 2.24) is 19.8 Å². The van der Waals surface area contributed by atoms with Crippen LogP contribution in [0.1, 0.15) is 12.8 Å². The monoisotopic (exact) mass is 576 g/mol. The molecule has 216 valence electrons. The minimum absolute atomic E-state index is 0.0159. The fraction of sp³-hybridized carbons (Fsp3) is 0.577. The van der Waals surface area contributed by atoms with E-state index in [-0.39, 0.29) is 34.7 Å². The Labute approximate surface area is 236 Å². The molecule has 2 heterocycles. The third kappa shape index (κ3) is 5.77. The van der Waals surface area contributed by atoms with Gasteiger partial charge < -0.3 is 25.6 Å². The second-order valence-corrected chi connectivity index (χ2v) is 11.3. The third-order valence-electron chi connectivity index (χ3n) is 8.58.